The Morgan fingerprint density at radius 3 is 2.38 bits per heavy atom. The van der Waals surface area contributed by atoms with E-state index in [9.17, 15) is 9.90 Å². The zero-order chi connectivity index (χ0) is 16.3. The molecule has 1 aliphatic heterocycles. The fraction of sp³-hybridized carbons (Fsp3) is 0.0952. The molecule has 1 atom stereocenters. The molecule has 0 aliphatic carbocycles. The van der Waals surface area contributed by atoms with Crippen LogP contribution in [0.4, 0.5) is 0 Å². The van der Waals surface area contributed by atoms with E-state index in [0.717, 1.165) is 27.4 Å². The summed E-state index contributed by atoms with van der Waals surface area (Å²) in [5.41, 5.74) is 1.82. The molecule has 3 heteroatoms. The summed E-state index contributed by atoms with van der Waals surface area (Å²) in [6.45, 7) is 0. The van der Waals surface area contributed by atoms with E-state index >= 15 is 0 Å². The maximum atomic E-state index is 13.2. The standard InChI is InChI=1S/C21H15NO2/c23-20-21(24,13-14-7-2-1-3-8-14)17-11-6-10-16-15-9-4-5-12-18(15)22(20)19(16)17/h1-12,24H,13H2. The van der Waals surface area contributed by atoms with Crippen molar-refractivity contribution in [3.8, 4) is 0 Å². The summed E-state index contributed by atoms with van der Waals surface area (Å²) < 4.78 is 1.68. The Morgan fingerprint density at radius 1 is 0.833 bits per heavy atom. The molecule has 0 radical (unpaired) electrons. The van der Waals surface area contributed by atoms with Crippen molar-refractivity contribution in [2.75, 3.05) is 0 Å². The van der Waals surface area contributed by atoms with Crippen LogP contribution in [0.3, 0.4) is 0 Å². The number of benzene rings is 3. The molecule has 116 valence electrons. The maximum Gasteiger partial charge on any atom is 0.268 e. The summed E-state index contributed by atoms with van der Waals surface area (Å²) in [5, 5.41) is 13.4. The molecule has 0 amide bonds. The number of hydrogen-bond acceptors (Lipinski definition) is 2. The van der Waals surface area contributed by atoms with Gasteiger partial charge in [-0.05, 0) is 11.6 Å². The van der Waals surface area contributed by atoms with Gasteiger partial charge in [0.05, 0.1) is 11.0 Å². The largest absolute Gasteiger partial charge is 0.375 e. The molecule has 1 aliphatic rings. The van der Waals surface area contributed by atoms with E-state index < -0.39 is 5.60 Å². The monoisotopic (exact) mass is 313 g/mol. The van der Waals surface area contributed by atoms with Gasteiger partial charge in [-0.15, -0.1) is 0 Å². The van der Waals surface area contributed by atoms with Crippen molar-refractivity contribution < 1.29 is 9.90 Å². The summed E-state index contributed by atoms with van der Waals surface area (Å²) >= 11 is 0. The molecule has 0 saturated heterocycles. The normalized spacial score (nSPS) is 19.5. The number of carbonyl (C=O) groups excluding carboxylic acids is 1. The molecule has 0 fully saturated rings. The van der Waals surface area contributed by atoms with Crippen LogP contribution in [-0.2, 0) is 12.0 Å². The summed E-state index contributed by atoms with van der Waals surface area (Å²) in [6.07, 6.45) is 0.280. The van der Waals surface area contributed by atoms with Crippen LogP contribution in [0.5, 0.6) is 0 Å². The van der Waals surface area contributed by atoms with Crippen molar-refractivity contribution in [2.45, 2.75) is 12.0 Å². The lowest BCUT2D eigenvalue weighted by molar-refractivity contribution is 0.0265. The van der Waals surface area contributed by atoms with Gasteiger partial charge in [-0.1, -0.05) is 66.7 Å². The number of carbonyl (C=O) groups is 1. The minimum atomic E-state index is -1.51. The Bertz CT molecular complexity index is 1110. The summed E-state index contributed by atoms with van der Waals surface area (Å²) in [5.74, 6) is -0.265. The van der Waals surface area contributed by atoms with E-state index in [1.807, 2.05) is 72.8 Å². The molecule has 2 heterocycles. The van der Waals surface area contributed by atoms with Crippen LogP contribution in [0.25, 0.3) is 21.8 Å². The lowest BCUT2D eigenvalue weighted by Gasteiger charge is -2.22. The molecule has 1 unspecified atom stereocenters. The molecule has 1 N–H and O–H groups in total. The molecule has 3 aromatic carbocycles. The van der Waals surface area contributed by atoms with Crippen molar-refractivity contribution in [1.29, 1.82) is 0 Å². The third kappa shape index (κ3) is 1.57. The van der Waals surface area contributed by atoms with Gasteiger partial charge in [0.15, 0.2) is 5.60 Å². The second-order valence-corrected chi connectivity index (χ2v) is 6.38. The fourth-order valence-corrected chi connectivity index (χ4v) is 3.93. The van der Waals surface area contributed by atoms with Crippen LogP contribution in [0.15, 0.2) is 72.8 Å². The average molecular weight is 313 g/mol. The second-order valence-electron chi connectivity index (χ2n) is 6.38. The van der Waals surface area contributed by atoms with Crippen LogP contribution in [-0.4, -0.2) is 15.6 Å². The molecular formula is C21H15NO2. The number of rotatable bonds is 2. The first kappa shape index (κ1) is 13.5. The number of hydrogen-bond donors (Lipinski definition) is 1. The predicted molar refractivity (Wildman–Crippen MR) is 94.1 cm³/mol. The van der Waals surface area contributed by atoms with Gasteiger partial charge in [0, 0.05) is 22.8 Å². The summed E-state index contributed by atoms with van der Waals surface area (Å²) in [6, 6.07) is 23.3. The van der Waals surface area contributed by atoms with Gasteiger partial charge in [0.25, 0.3) is 5.91 Å². The third-order valence-corrected chi connectivity index (χ3v) is 5.00. The summed E-state index contributed by atoms with van der Waals surface area (Å²) in [4.78, 5) is 13.2. The van der Waals surface area contributed by atoms with Crippen molar-refractivity contribution >= 4 is 27.7 Å². The number of nitrogens with zero attached hydrogens (tertiary/aromatic N) is 1. The number of aromatic nitrogens is 1. The molecule has 1 aromatic heterocycles. The zero-order valence-corrected chi connectivity index (χ0v) is 12.9. The Hall–Kier alpha value is -2.91. The van der Waals surface area contributed by atoms with Gasteiger partial charge < -0.3 is 5.11 Å². The molecule has 0 bridgehead atoms. The Kier molecular flexibility index (Phi) is 2.57. The van der Waals surface area contributed by atoms with Crippen LogP contribution < -0.4 is 0 Å². The highest BCUT2D eigenvalue weighted by Gasteiger charge is 2.47. The molecular weight excluding hydrogens is 298 g/mol. The molecule has 3 nitrogen and oxygen atoms in total. The van der Waals surface area contributed by atoms with Crippen LogP contribution in [0.2, 0.25) is 0 Å². The summed E-state index contributed by atoms with van der Waals surface area (Å²) in [7, 11) is 0. The zero-order valence-electron chi connectivity index (χ0n) is 12.9. The van der Waals surface area contributed by atoms with Crippen molar-refractivity contribution in [2.24, 2.45) is 0 Å². The van der Waals surface area contributed by atoms with Crippen molar-refractivity contribution in [3.05, 3.63) is 83.9 Å². The first-order chi connectivity index (χ1) is 11.7. The highest BCUT2D eigenvalue weighted by Crippen LogP contribution is 2.43. The van der Waals surface area contributed by atoms with Gasteiger partial charge in [0.2, 0.25) is 0 Å². The van der Waals surface area contributed by atoms with Crippen LogP contribution in [0.1, 0.15) is 15.9 Å². The van der Waals surface area contributed by atoms with Crippen LogP contribution >= 0.6 is 0 Å². The quantitative estimate of drug-likeness (QED) is 0.610. The fourth-order valence-electron chi connectivity index (χ4n) is 3.93. The topological polar surface area (TPSA) is 42.2 Å². The Morgan fingerprint density at radius 2 is 1.54 bits per heavy atom. The molecule has 5 rings (SSSR count). The third-order valence-electron chi connectivity index (χ3n) is 5.00. The average Bonchev–Trinajstić information content (AvgIpc) is 3.06. The highest BCUT2D eigenvalue weighted by molar-refractivity contribution is 6.19. The smallest absolute Gasteiger partial charge is 0.268 e. The van der Waals surface area contributed by atoms with Gasteiger partial charge >= 0.3 is 0 Å². The van der Waals surface area contributed by atoms with E-state index in [1.54, 1.807) is 4.57 Å². The molecule has 24 heavy (non-hydrogen) atoms. The van der Waals surface area contributed by atoms with E-state index in [2.05, 4.69) is 0 Å². The van der Waals surface area contributed by atoms with E-state index in [0.29, 0.717) is 5.56 Å². The highest BCUT2D eigenvalue weighted by atomic mass is 16.3. The molecule has 0 saturated carbocycles. The lowest BCUT2D eigenvalue weighted by Crippen LogP contribution is -2.36. The lowest BCUT2D eigenvalue weighted by atomic mass is 9.87. The Labute approximate surface area is 138 Å². The minimum Gasteiger partial charge on any atom is -0.375 e. The molecule has 4 aromatic rings. The van der Waals surface area contributed by atoms with Crippen molar-refractivity contribution in [3.63, 3.8) is 0 Å². The SMILES string of the molecule is O=C1n2c3ccccc3c3cccc(c32)C1(O)Cc1ccccc1. The second kappa shape index (κ2) is 4.56. The van der Waals surface area contributed by atoms with Crippen LogP contribution in [0, 0.1) is 0 Å². The van der Waals surface area contributed by atoms with Gasteiger partial charge in [0.1, 0.15) is 0 Å². The van der Waals surface area contributed by atoms with Gasteiger partial charge in [-0.25, -0.2) is 0 Å². The van der Waals surface area contributed by atoms with E-state index in [4.69, 9.17) is 0 Å². The number of aliphatic hydroxyl groups is 1. The van der Waals surface area contributed by atoms with E-state index in [-0.39, 0.29) is 12.3 Å². The molecule has 0 spiro atoms. The first-order valence-electron chi connectivity index (χ1n) is 8.04. The Balaban J connectivity index is 1.81. The maximum absolute atomic E-state index is 13.2. The number of fused-ring (bicyclic) bond motifs is 3. The van der Waals surface area contributed by atoms with Crippen molar-refractivity contribution in [1.82, 2.24) is 4.57 Å². The minimum absolute atomic E-state index is 0.265. The van der Waals surface area contributed by atoms with E-state index in [1.165, 1.54) is 0 Å². The first-order valence-corrected chi connectivity index (χ1v) is 8.04. The number of para-hydroxylation sites is 2. The van der Waals surface area contributed by atoms with Gasteiger partial charge in [-0.2, -0.15) is 0 Å². The van der Waals surface area contributed by atoms with Gasteiger partial charge in [-0.3, -0.25) is 9.36 Å². The predicted octanol–water partition coefficient (Wildman–Crippen LogP) is 3.88.